The molecule has 0 spiro atoms. The lowest BCUT2D eigenvalue weighted by Crippen LogP contribution is -2.29. The fourth-order valence-corrected chi connectivity index (χ4v) is 2.26. The van der Waals surface area contributed by atoms with Gasteiger partial charge in [-0.05, 0) is 24.3 Å². The number of rotatable bonds is 5. The van der Waals surface area contributed by atoms with Crippen molar-refractivity contribution in [2.24, 2.45) is 0 Å². The van der Waals surface area contributed by atoms with Crippen molar-refractivity contribution in [1.82, 2.24) is 4.72 Å². The Hall–Kier alpha value is -2.94. The number of nitrogens with one attached hydrogen (secondary N) is 1. The minimum atomic E-state index is -3.85. The summed E-state index contributed by atoms with van der Waals surface area (Å²) in [5.41, 5.74) is -1.02. The zero-order valence-corrected chi connectivity index (χ0v) is 12.7. The third-order valence-electron chi connectivity index (χ3n) is 2.68. The van der Waals surface area contributed by atoms with Gasteiger partial charge in [-0.3, -0.25) is 14.9 Å². The second-order valence-corrected chi connectivity index (χ2v) is 6.28. The Morgan fingerprint density at radius 2 is 1.78 bits per heavy atom. The van der Waals surface area contributed by atoms with Gasteiger partial charge in [0.05, 0.1) is 11.2 Å². The predicted molar refractivity (Wildman–Crippen MR) is 81.9 cm³/mol. The Morgan fingerprint density at radius 1 is 1.13 bits per heavy atom. The Bertz CT molecular complexity index is 849. The van der Waals surface area contributed by atoms with E-state index in [0.29, 0.717) is 5.75 Å². The molecular formula is C14H12N2O6S. The van der Waals surface area contributed by atoms with Crippen molar-refractivity contribution in [3.8, 4) is 11.5 Å². The lowest BCUT2D eigenvalue weighted by Gasteiger charge is -2.09. The Balaban J connectivity index is 2.47. The number of carbonyl (C=O) groups is 1. The van der Waals surface area contributed by atoms with Crippen molar-refractivity contribution in [2.45, 2.75) is 0 Å². The lowest BCUT2D eigenvalue weighted by atomic mass is 10.1. The van der Waals surface area contributed by atoms with E-state index in [4.69, 9.17) is 4.74 Å². The number of para-hydroxylation sites is 2. The average molecular weight is 336 g/mol. The molecule has 1 amide bonds. The predicted octanol–water partition coefficient (Wildman–Crippen LogP) is 2.08. The maximum absolute atomic E-state index is 11.9. The third-order valence-corrected chi connectivity index (χ3v) is 3.23. The van der Waals surface area contributed by atoms with Gasteiger partial charge in [0.2, 0.25) is 15.8 Å². The van der Waals surface area contributed by atoms with Crippen molar-refractivity contribution in [1.29, 1.82) is 0 Å². The molecule has 0 bridgehead atoms. The molecule has 120 valence electrons. The van der Waals surface area contributed by atoms with Crippen molar-refractivity contribution in [3.63, 3.8) is 0 Å². The molecule has 0 radical (unpaired) electrons. The molecule has 23 heavy (non-hydrogen) atoms. The van der Waals surface area contributed by atoms with Crippen molar-refractivity contribution in [2.75, 3.05) is 6.26 Å². The van der Waals surface area contributed by atoms with Gasteiger partial charge in [-0.1, -0.05) is 24.3 Å². The van der Waals surface area contributed by atoms with Crippen LogP contribution in [0.3, 0.4) is 0 Å². The van der Waals surface area contributed by atoms with E-state index in [0.717, 1.165) is 12.3 Å². The summed E-state index contributed by atoms with van der Waals surface area (Å²) >= 11 is 0. The number of nitro groups is 1. The number of hydrogen-bond donors (Lipinski definition) is 1. The molecule has 0 aliphatic carbocycles. The summed E-state index contributed by atoms with van der Waals surface area (Å²) < 4.78 is 29.4. The average Bonchev–Trinajstić information content (AvgIpc) is 2.46. The van der Waals surface area contributed by atoms with Crippen LogP contribution in [-0.2, 0) is 10.0 Å². The molecular weight excluding hydrogens is 324 g/mol. The normalized spacial score (nSPS) is 10.8. The molecule has 0 saturated heterocycles. The Morgan fingerprint density at radius 3 is 2.35 bits per heavy atom. The summed E-state index contributed by atoms with van der Waals surface area (Å²) in [7, 11) is -3.85. The highest BCUT2D eigenvalue weighted by Crippen LogP contribution is 2.34. The van der Waals surface area contributed by atoms with Gasteiger partial charge >= 0.3 is 5.69 Å². The number of nitrogens with zero attached hydrogens (tertiary/aromatic N) is 1. The second-order valence-electron chi connectivity index (χ2n) is 4.53. The molecule has 0 aromatic heterocycles. The maximum atomic E-state index is 11.9. The van der Waals surface area contributed by atoms with E-state index in [-0.39, 0.29) is 5.75 Å². The number of benzene rings is 2. The van der Waals surface area contributed by atoms with Gasteiger partial charge in [-0.15, -0.1) is 0 Å². The molecule has 2 aromatic rings. The van der Waals surface area contributed by atoms with E-state index in [1.165, 1.54) is 12.1 Å². The summed E-state index contributed by atoms with van der Waals surface area (Å²) in [4.78, 5) is 22.4. The minimum Gasteiger partial charge on any atom is -0.450 e. The number of sulfonamides is 1. The number of ether oxygens (including phenoxy) is 1. The van der Waals surface area contributed by atoms with Crippen LogP contribution in [0, 0.1) is 10.1 Å². The Kier molecular flexibility index (Phi) is 4.60. The van der Waals surface area contributed by atoms with E-state index in [1.807, 2.05) is 0 Å². The molecule has 2 aromatic carbocycles. The SMILES string of the molecule is CS(=O)(=O)NC(=O)c1cccc(Oc2ccccc2)c1[N+](=O)[O-]. The van der Waals surface area contributed by atoms with Gasteiger partial charge < -0.3 is 4.74 Å². The molecule has 1 N–H and O–H groups in total. The molecule has 0 aliphatic rings. The molecule has 0 unspecified atom stereocenters. The molecule has 2 rings (SSSR count). The number of hydrogen-bond acceptors (Lipinski definition) is 6. The highest BCUT2D eigenvalue weighted by Gasteiger charge is 2.27. The molecule has 0 heterocycles. The molecule has 8 nitrogen and oxygen atoms in total. The first-order valence-electron chi connectivity index (χ1n) is 6.30. The van der Waals surface area contributed by atoms with Crippen molar-refractivity contribution >= 4 is 21.6 Å². The van der Waals surface area contributed by atoms with Gasteiger partial charge in [0.1, 0.15) is 11.3 Å². The van der Waals surface area contributed by atoms with Crippen LogP contribution in [0.5, 0.6) is 11.5 Å². The standard InChI is InChI=1S/C14H12N2O6S/c1-23(20,21)15-14(17)11-8-5-9-12(13(11)16(18)19)22-10-6-3-2-4-7-10/h2-9H,1H3,(H,15,17). The largest absolute Gasteiger partial charge is 0.450 e. The topological polar surface area (TPSA) is 116 Å². The highest BCUT2D eigenvalue weighted by molar-refractivity contribution is 7.89. The van der Waals surface area contributed by atoms with E-state index >= 15 is 0 Å². The van der Waals surface area contributed by atoms with Gasteiger partial charge in [0.25, 0.3) is 5.91 Å². The van der Waals surface area contributed by atoms with Crippen LogP contribution >= 0.6 is 0 Å². The monoisotopic (exact) mass is 336 g/mol. The molecule has 0 aliphatic heterocycles. The van der Waals surface area contributed by atoms with E-state index < -0.39 is 32.1 Å². The Labute approximate surface area is 131 Å². The summed E-state index contributed by atoms with van der Waals surface area (Å²) in [6, 6.07) is 12.1. The van der Waals surface area contributed by atoms with Crippen LogP contribution in [0.4, 0.5) is 5.69 Å². The molecule has 0 fully saturated rings. The fourth-order valence-electron chi connectivity index (χ4n) is 1.82. The first-order valence-corrected chi connectivity index (χ1v) is 8.19. The van der Waals surface area contributed by atoms with Crippen molar-refractivity contribution in [3.05, 3.63) is 64.2 Å². The first kappa shape index (κ1) is 16.4. The smallest absolute Gasteiger partial charge is 0.324 e. The van der Waals surface area contributed by atoms with Crippen LogP contribution < -0.4 is 9.46 Å². The van der Waals surface area contributed by atoms with E-state index in [1.54, 1.807) is 35.1 Å². The number of amides is 1. The third kappa shape index (κ3) is 4.27. The zero-order chi connectivity index (χ0) is 17.0. The van der Waals surface area contributed by atoms with Crippen molar-refractivity contribution < 1.29 is 22.9 Å². The van der Waals surface area contributed by atoms with Crippen LogP contribution in [0.25, 0.3) is 0 Å². The quantitative estimate of drug-likeness (QED) is 0.660. The maximum Gasteiger partial charge on any atom is 0.324 e. The first-order chi connectivity index (χ1) is 10.8. The summed E-state index contributed by atoms with van der Waals surface area (Å²) in [5.74, 6) is -0.920. The van der Waals surface area contributed by atoms with Gasteiger partial charge in [0.15, 0.2) is 0 Å². The van der Waals surface area contributed by atoms with Crippen LogP contribution in [-0.4, -0.2) is 25.5 Å². The summed E-state index contributed by atoms with van der Waals surface area (Å²) in [6.07, 6.45) is 0.779. The molecule has 0 atom stereocenters. The van der Waals surface area contributed by atoms with E-state index in [2.05, 4.69) is 0 Å². The highest BCUT2D eigenvalue weighted by atomic mass is 32.2. The van der Waals surface area contributed by atoms with Crippen LogP contribution in [0.2, 0.25) is 0 Å². The second kappa shape index (κ2) is 6.44. The minimum absolute atomic E-state index is 0.164. The van der Waals surface area contributed by atoms with Gasteiger partial charge in [-0.2, -0.15) is 0 Å². The van der Waals surface area contributed by atoms with Gasteiger partial charge in [-0.25, -0.2) is 13.1 Å². The molecule has 9 heteroatoms. The van der Waals surface area contributed by atoms with Gasteiger partial charge in [0, 0.05) is 0 Å². The molecule has 0 saturated carbocycles. The fraction of sp³-hybridized carbons (Fsp3) is 0.0714. The number of carbonyl (C=O) groups excluding carboxylic acids is 1. The lowest BCUT2D eigenvalue weighted by molar-refractivity contribution is -0.385. The number of nitro benzene ring substituents is 1. The zero-order valence-electron chi connectivity index (χ0n) is 11.9. The summed E-state index contributed by atoms with van der Waals surface area (Å²) in [6.45, 7) is 0. The van der Waals surface area contributed by atoms with Crippen LogP contribution in [0.15, 0.2) is 48.5 Å². The van der Waals surface area contributed by atoms with Crippen LogP contribution in [0.1, 0.15) is 10.4 Å². The van der Waals surface area contributed by atoms with E-state index in [9.17, 15) is 23.3 Å². The summed E-state index contributed by atoms with van der Waals surface area (Å²) in [5, 5.41) is 11.3.